The van der Waals surface area contributed by atoms with Crippen molar-refractivity contribution in [2.75, 3.05) is 31.8 Å². The van der Waals surface area contributed by atoms with Crippen molar-refractivity contribution in [2.45, 2.75) is 37.2 Å². The monoisotopic (exact) mass is 465 g/mol. The predicted molar refractivity (Wildman–Crippen MR) is 132 cm³/mol. The third-order valence-electron chi connectivity index (χ3n) is 6.18. The van der Waals surface area contributed by atoms with Gasteiger partial charge in [-0.1, -0.05) is 12.1 Å². The Labute approximate surface area is 196 Å². The summed E-state index contributed by atoms with van der Waals surface area (Å²) in [5.41, 5.74) is 5.35. The third-order valence-corrected chi connectivity index (χ3v) is 7.30. The maximum absolute atomic E-state index is 11.6. The molecule has 0 saturated carbocycles. The molecule has 0 bridgehead atoms. The Hall–Kier alpha value is -2.90. The molecule has 1 aliphatic rings. The largest absolute Gasteiger partial charge is 0.496 e. The highest BCUT2D eigenvalue weighted by molar-refractivity contribution is 7.90. The Kier molecular flexibility index (Phi) is 7.00. The molecule has 3 aromatic rings. The fourth-order valence-electron chi connectivity index (χ4n) is 4.24. The number of piperidine rings is 1. The van der Waals surface area contributed by atoms with E-state index < -0.39 is 9.84 Å². The van der Waals surface area contributed by atoms with Crippen LogP contribution in [-0.4, -0.2) is 50.8 Å². The average molecular weight is 466 g/mol. The molecule has 1 N–H and O–H groups in total. The molecule has 6 nitrogen and oxygen atoms in total. The van der Waals surface area contributed by atoms with Crippen molar-refractivity contribution >= 4 is 15.5 Å². The number of aromatic nitrogens is 1. The number of benzene rings is 2. The van der Waals surface area contributed by atoms with Crippen LogP contribution in [0.2, 0.25) is 0 Å². The van der Waals surface area contributed by atoms with Crippen LogP contribution in [0.5, 0.6) is 5.75 Å². The first-order valence-electron chi connectivity index (χ1n) is 11.2. The van der Waals surface area contributed by atoms with E-state index in [1.54, 1.807) is 19.2 Å². The molecule has 0 amide bonds. The maximum atomic E-state index is 11.6. The van der Waals surface area contributed by atoms with E-state index in [0.29, 0.717) is 10.9 Å². The zero-order chi connectivity index (χ0) is 23.4. The van der Waals surface area contributed by atoms with E-state index in [2.05, 4.69) is 39.5 Å². The van der Waals surface area contributed by atoms with Crippen molar-refractivity contribution in [3.63, 3.8) is 0 Å². The first kappa shape index (κ1) is 23.3. The normalized spacial score (nSPS) is 15.4. The lowest BCUT2D eigenvalue weighted by Crippen LogP contribution is -2.38. The van der Waals surface area contributed by atoms with Crippen LogP contribution in [-0.2, 0) is 16.4 Å². The molecule has 0 unspecified atom stereocenters. The molecule has 33 heavy (non-hydrogen) atoms. The third kappa shape index (κ3) is 5.92. The standard InChI is InChI=1S/C26H31N3O3S/c1-19-4-5-21(17-26(19)32-2)25-16-20(10-13-27-25)18-29-14-11-23(12-15-29)28-22-6-8-24(9-7-22)33(3,30)31/h4-10,13,16-17,23,28H,11-12,14-15,18H2,1-3H3. The number of ether oxygens (including phenoxy) is 1. The van der Waals surface area contributed by atoms with Crippen LogP contribution >= 0.6 is 0 Å². The highest BCUT2D eigenvalue weighted by atomic mass is 32.2. The number of likely N-dealkylation sites (tertiary alicyclic amines) is 1. The predicted octanol–water partition coefficient (Wildman–Crippen LogP) is 4.55. The van der Waals surface area contributed by atoms with E-state index >= 15 is 0 Å². The summed E-state index contributed by atoms with van der Waals surface area (Å²) in [4.78, 5) is 7.39. The minimum atomic E-state index is -3.16. The molecule has 0 aliphatic carbocycles. The Balaban J connectivity index is 1.33. The molecule has 174 valence electrons. The Morgan fingerprint density at radius 3 is 2.45 bits per heavy atom. The molecule has 1 saturated heterocycles. The quantitative estimate of drug-likeness (QED) is 0.552. The summed E-state index contributed by atoms with van der Waals surface area (Å²) in [6.07, 6.45) is 5.20. The molecule has 4 rings (SSSR count). The van der Waals surface area contributed by atoms with E-state index in [9.17, 15) is 8.42 Å². The summed E-state index contributed by atoms with van der Waals surface area (Å²) in [6, 6.07) is 17.9. The minimum Gasteiger partial charge on any atom is -0.496 e. The first-order valence-corrected chi connectivity index (χ1v) is 13.1. The van der Waals surface area contributed by atoms with Crippen molar-refractivity contribution in [3.05, 3.63) is 71.9 Å². The van der Waals surface area contributed by atoms with Gasteiger partial charge < -0.3 is 10.1 Å². The van der Waals surface area contributed by atoms with Gasteiger partial charge in [0.25, 0.3) is 0 Å². The number of nitrogens with one attached hydrogen (secondary N) is 1. The summed E-state index contributed by atoms with van der Waals surface area (Å²) >= 11 is 0. The molecule has 7 heteroatoms. The zero-order valence-electron chi connectivity index (χ0n) is 19.4. The number of hydrogen-bond donors (Lipinski definition) is 1. The van der Waals surface area contributed by atoms with Crippen molar-refractivity contribution in [1.29, 1.82) is 0 Å². The van der Waals surface area contributed by atoms with Crippen LogP contribution in [0.1, 0.15) is 24.0 Å². The van der Waals surface area contributed by atoms with Gasteiger partial charge in [-0.05, 0) is 73.4 Å². The number of nitrogens with zero attached hydrogens (tertiary/aromatic N) is 2. The zero-order valence-corrected chi connectivity index (χ0v) is 20.2. The number of sulfone groups is 1. The van der Waals surface area contributed by atoms with Gasteiger partial charge >= 0.3 is 0 Å². The number of hydrogen-bond acceptors (Lipinski definition) is 6. The van der Waals surface area contributed by atoms with Crippen molar-refractivity contribution in [3.8, 4) is 17.0 Å². The van der Waals surface area contributed by atoms with Crippen LogP contribution in [0.3, 0.4) is 0 Å². The molecule has 2 heterocycles. The van der Waals surface area contributed by atoms with Gasteiger partial charge in [0, 0.05) is 49.4 Å². The van der Waals surface area contributed by atoms with Crippen LogP contribution in [0.25, 0.3) is 11.3 Å². The SMILES string of the molecule is COc1cc(-c2cc(CN3CCC(Nc4ccc(S(C)(=O)=O)cc4)CC3)ccn2)ccc1C. The van der Waals surface area contributed by atoms with Crippen molar-refractivity contribution in [1.82, 2.24) is 9.88 Å². The number of methoxy groups -OCH3 is 1. The topological polar surface area (TPSA) is 71.5 Å². The van der Waals surface area contributed by atoms with Gasteiger partial charge in [0.1, 0.15) is 5.75 Å². The summed E-state index contributed by atoms with van der Waals surface area (Å²) in [5.74, 6) is 0.875. The molecular formula is C26H31N3O3S. The van der Waals surface area contributed by atoms with E-state index in [1.165, 1.54) is 11.8 Å². The van der Waals surface area contributed by atoms with Crippen LogP contribution < -0.4 is 10.1 Å². The van der Waals surface area contributed by atoms with E-state index in [4.69, 9.17) is 4.74 Å². The smallest absolute Gasteiger partial charge is 0.175 e. The maximum Gasteiger partial charge on any atom is 0.175 e. The van der Waals surface area contributed by atoms with E-state index in [0.717, 1.165) is 60.7 Å². The fourth-order valence-corrected chi connectivity index (χ4v) is 4.87. The molecule has 0 atom stereocenters. The second kappa shape index (κ2) is 9.93. The van der Waals surface area contributed by atoms with Gasteiger partial charge in [-0.2, -0.15) is 0 Å². The second-order valence-corrected chi connectivity index (χ2v) is 10.7. The summed E-state index contributed by atoms with van der Waals surface area (Å²) in [6.45, 7) is 4.95. The Morgan fingerprint density at radius 1 is 1.06 bits per heavy atom. The molecule has 0 spiro atoms. The van der Waals surface area contributed by atoms with Gasteiger partial charge in [0.2, 0.25) is 0 Å². The van der Waals surface area contributed by atoms with Crippen LogP contribution in [0, 0.1) is 6.92 Å². The fraction of sp³-hybridized carbons (Fsp3) is 0.346. The van der Waals surface area contributed by atoms with Crippen molar-refractivity contribution < 1.29 is 13.2 Å². The summed E-state index contributed by atoms with van der Waals surface area (Å²) in [5, 5.41) is 3.55. The Morgan fingerprint density at radius 2 is 1.79 bits per heavy atom. The number of aryl methyl sites for hydroxylation is 1. The molecule has 1 fully saturated rings. The summed E-state index contributed by atoms with van der Waals surface area (Å²) < 4.78 is 28.7. The lowest BCUT2D eigenvalue weighted by Gasteiger charge is -2.33. The second-order valence-electron chi connectivity index (χ2n) is 8.73. The molecular weight excluding hydrogens is 434 g/mol. The lowest BCUT2D eigenvalue weighted by molar-refractivity contribution is 0.211. The van der Waals surface area contributed by atoms with Gasteiger partial charge in [0.15, 0.2) is 9.84 Å². The van der Waals surface area contributed by atoms with Crippen molar-refractivity contribution in [2.24, 2.45) is 0 Å². The van der Waals surface area contributed by atoms with E-state index in [-0.39, 0.29) is 0 Å². The van der Waals surface area contributed by atoms with Crippen LogP contribution in [0.15, 0.2) is 65.7 Å². The van der Waals surface area contributed by atoms with Gasteiger partial charge in [-0.15, -0.1) is 0 Å². The minimum absolute atomic E-state index is 0.351. The lowest BCUT2D eigenvalue weighted by atomic mass is 10.0. The molecule has 2 aromatic carbocycles. The summed E-state index contributed by atoms with van der Waals surface area (Å²) in [7, 11) is -1.47. The number of anilines is 1. The van der Waals surface area contributed by atoms with Gasteiger partial charge in [-0.25, -0.2) is 8.42 Å². The van der Waals surface area contributed by atoms with Crippen LogP contribution in [0.4, 0.5) is 5.69 Å². The van der Waals surface area contributed by atoms with E-state index in [1.807, 2.05) is 31.3 Å². The number of rotatable bonds is 7. The molecule has 1 aliphatic heterocycles. The highest BCUT2D eigenvalue weighted by Gasteiger charge is 2.19. The first-order chi connectivity index (χ1) is 15.8. The van der Waals surface area contributed by atoms with Gasteiger partial charge in [0.05, 0.1) is 17.7 Å². The van der Waals surface area contributed by atoms with Gasteiger partial charge in [-0.3, -0.25) is 9.88 Å². The highest BCUT2D eigenvalue weighted by Crippen LogP contribution is 2.27. The molecule has 0 radical (unpaired) electrons. The Bertz CT molecular complexity index is 1200. The average Bonchev–Trinajstić information content (AvgIpc) is 2.81. The number of pyridine rings is 1. The molecule has 1 aromatic heterocycles.